The van der Waals surface area contributed by atoms with E-state index in [0.29, 0.717) is 23.0 Å². The van der Waals surface area contributed by atoms with Crippen molar-refractivity contribution < 1.29 is 18.3 Å². The van der Waals surface area contributed by atoms with E-state index in [2.05, 4.69) is 10.3 Å². The molecule has 0 radical (unpaired) electrons. The minimum Gasteiger partial charge on any atom is -0.491 e. The molecule has 2 aromatic carbocycles. The number of carbonyl (C=O) groups is 1. The molecule has 3 rings (SSSR count). The Morgan fingerprint density at radius 2 is 2.04 bits per heavy atom. The largest absolute Gasteiger partial charge is 0.491 e. The number of nitrogens with two attached hydrogens (primary N) is 1. The maximum absolute atomic E-state index is 13.3. The number of primary amides is 1. The number of ether oxygens (including phenoxy) is 1. The summed E-state index contributed by atoms with van der Waals surface area (Å²) in [5.41, 5.74) is 5.00. The van der Waals surface area contributed by atoms with Crippen LogP contribution in [0.3, 0.4) is 0 Å². The summed E-state index contributed by atoms with van der Waals surface area (Å²) in [5, 5.41) is 3.03. The lowest BCUT2D eigenvalue weighted by molar-refractivity contribution is -0.125. The number of carbonyl (C=O) groups excluding carboxylic acids is 1. The lowest BCUT2D eigenvalue weighted by Gasteiger charge is -2.26. The van der Waals surface area contributed by atoms with E-state index in [4.69, 9.17) is 14.9 Å². The Labute approximate surface area is 156 Å². The fraction of sp³-hybridized carbons (Fsp3) is 0.200. The molecular formula is C20H20FN3O3. The van der Waals surface area contributed by atoms with E-state index in [1.165, 1.54) is 18.3 Å². The van der Waals surface area contributed by atoms with Crippen LogP contribution in [0.4, 0.5) is 4.39 Å². The van der Waals surface area contributed by atoms with Crippen LogP contribution in [0.15, 0.2) is 65.2 Å². The number of benzene rings is 2. The van der Waals surface area contributed by atoms with Crippen LogP contribution in [-0.4, -0.2) is 23.0 Å². The van der Waals surface area contributed by atoms with Gasteiger partial charge in [0.05, 0.1) is 12.7 Å². The lowest BCUT2D eigenvalue weighted by atomic mass is 10.0. The number of amides is 1. The first-order valence-electron chi connectivity index (χ1n) is 8.40. The first kappa shape index (κ1) is 18.6. The van der Waals surface area contributed by atoms with Gasteiger partial charge in [-0.25, -0.2) is 9.37 Å². The third kappa shape index (κ3) is 4.71. The van der Waals surface area contributed by atoms with Gasteiger partial charge in [0, 0.05) is 5.56 Å². The van der Waals surface area contributed by atoms with Crippen LogP contribution < -0.4 is 15.8 Å². The van der Waals surface area contributed by atoms with Crippen molar-refractivity contribution in [3.05, 3.63) is 72.5 Å². The maximum atomic E-state index is 13.3. The van der Waals surface area contributed by atoms with Gasteiger partial charge in [-0.1, -0.05) is 30.3 Å². The molecule has 0 aliphatic carbocycles. The fourth-order valence-corrected chi connectivity index (χ4v) is 2.39. The number of aromatic nitrogens is 1. The van der Waals surface area contributed by atoms with Crippen LogP contribution in [0.2, 0.25) is 0 Å². The van der Waals surface area contributed by atoms with Crippen LogP contribution in [0, 0.1) is 5.82 Å². The van der Waals surface area contributed by atoms with E-state index >= 15 is 0 Å². The van der Waals surface area contributed by atoms with Crippen LogP contribution >= 0.6 is 0 Å². The Morgan fingerprint density at radius 3 is 2.74 bits per heavy atom. The maximum Gasteiger partial charge on any atom is 0.240 e. The van der Waals surface area contributed by atoms with E-state index in [1.54, 1.807) is 31.2 Å². The molecule has 0 aliphatic rings. The van der Waals surface area contributed by atoms with Gasteiger partial charge in [-0.15, -0.1) is 0 Å². The third-order valence-corrected chi connectivity index (χ3v) is 4.11. The van der Waals surface area contributed by atoms with Gasteiger partial charge in [0.25, 0.3) is 0 Å². The molecule has 1 heterocycles. The van der Waals surface area contributed by atoms with Gasteiger partial charge >= 0.3 is 0 Å². The van der Waals surface area contributed by atoms with Crippen LogP contribution in [0.5, 0.6) is 5.75 Å². The molecule has 0 bridgehead atoms. The first-order valence-corrected chi connectivity index (χ1v) is 8.40. The molecule has 1 amide bonds. The number of hydrogen-bond acceptors (Lipinski definition) is 5. The van der Waals surface area contributed by atoms with Gasteiger partial charge in [0.15, 0.2) is 5.76 Å². The zero-order valence-corrected chi connectivity index (χ0v) is 14.8. The van der Waals surface area contributed by atoms with Gasteiger partial charge in [0.1, 0.15) is 23.7 Å². The van der Waals surface area contributed by atoms with Crippen molar-refractivity contribution in [2.24, 2.45) is 5.73 Å². The predicted octanol–water partition coefficient (Wildman–Crippen LogP) is 2.89. The predicted molar refractivity (Wildman–Crippen MR) is 98.3 cm³/mol. The monoisotopic (exact) mass is 369 g/mol. The molecule has 3 N–H and O–H groups in total. The molecule has 0 aliphatic heterocycles. The minimum atomic E-state index is -1.12. The average Bonchev–Trinajstić information content (AvgIpc) is 3.15. The van der Waals surface area contributed by atoms with Gasteiger partial charge in [0.2, 0.25) is 11.8 Å². The molecule has 140 valence electrons. The minimum absolute atomic E-state index is 0.0454. The topological polar surface area (TPSA) is 90.4 Å². The highest BCUT2D eigenvalue weighted by Gasteiger charge is 2.32. The quantitative estimate of drug-likeness (QED) is 0.637. The number of nitrogens with one attached hydrogen (secondary N) is 1. The number of rotatable bonds is 8. The van der Waals surface area contributed by atoms with Gasteiger partial charge in [-0.2, -0.15) is 0 Å². The average molecular weight is 369 g/mol. The SMILES string of the molecule is CC(COc1ccccc1)(NCc1ncc(-c2cccc(F)c2)o1)C(N)=O. The van der Waals surface area contributed by atoms with E-state index in [9.17, 15) is 9.18 Å². The van der Waals surface area contributed by atoms with Crippen molar-refractivity contribution in [1.29, 1.82) is 0 Å². The fourth-order valence-electron chi connectivity index (χ4n) is 2.39. The van der Waals surface area contributed by atoms with Crippen molar-refractivity contribution in [1.82, 2.24) is 10.3 Å². The van der Waals surface area contributed by atoms with E-state index in [-0.39, 0.29) is 19.0 Å². The number of nitrogens with zero attached hydrogens (tertiary/aromatic N) is 1. The van der Waals surface area contributed by atoms with Crippen molar-refractivity contribution in [2.75, 3.05) is 6.61 Å². The molecule has 3 aromatic rings. The highest BCUT2D eigenvalue weighted by Crippen LogP contribution is 2.21. The highest BCUT2D eigenvalue weighted by molar-refractivity contribution is 5.84. The molecule has 0 fully saturated rings. The summed E-state index contributed by atoms with van der Waals surface area (Å²) in [5.74, 6) is 0.503. The van der Waals surface area contributed by atoms with E-state index < -0.39 is 11.4 Å². The number of para-hydroxylation sites is 1. The molecule has 0 spiro atoms. The Hall–Kier alpha value is -3.19. The standard InChI is InChI=1S/C20H20FN3O3/c1-20(19(22)25,13-26-16-8-3-2-4-9-16)24-12-18-23-11-17(27-18)14-6-5-7-15(21)10-14/h2-11,24H,12-13H2,1H3,(H2,22,25). The van der Waals surface area contributed by atoms with E-state index in [0.717, 1.165) is 0 Å². The van der Waals surface area contributed by atoms with Crippen molar-refractivity contribution in [2.45, 2.75) is 19.0 Å². The normalized spacial score (nSPS) is 13.1. The Bertz CT molecular complexity index is 914. The summed E-state index contributed by atoms with van der Waals surface area (Å²) in [6.07, 6.45) is 1.51. The summed E-state index contributed by atoms with van der Waals surface area (Å²) >= 11 is 0. The van der Waals surface area contributed by atoms with Crippen LogP contribution in [0.25, 0.3) is 11.3 Å². The molecule has 1 aromatic heterocycles. The third-order valence-electron chi connectivity index (χ3n) is 4.11. The van der Waals surface area contributed by atoms with Crippen LogP contribution in [0.1, 0.15) is 12.8 Å². The second-order valence-electron chi connectivity index (χ2n) is 6.28. The van der Waals surface area contributed by atoms with Gasteiger partial charge in [-0.05, 0) is 31.2 Å². The van der Waals surface area contributed by atoms with Crippen molar-refractivity contribution >= 4 is 5.91 Å². The molecule has 0 saturated carbocycles. The van der Waals surface area contributed by atoms with Crippen molar-refractivity contribution in [3.63, 3.8) is 0 Å². The molecule has 0 saturated heterocycles. The molecule has 6 nitrogen and oxygen atoms in total. The Morgan fingerprint density at radius 1 is 1.26 bits per heavy atom. The molecule has 27 heavy (non-hydrogen) atoms. The zero-order chi connectivity index (χ0) is 19.3. The summed E-state index contributed by atoms with van der Waals surface area (Å²) in [4.78, 5) is 16.1. The molecular weight excluding hydrogens is 349 g/mol. The Balaban J connectivity index is 1.65. The van der Waals surface area contributed by atoms with Gasteiger partial charge in [-0.3, -0.25) is 10.1 Å². The van der Waals surface area contributed by atoms with Gasteiger partial charge < -0.3 is 14.9 Å². The highest BCUT2D eigenvalue weighted by atomic mass is 19.1. The lowest BCUT2D eigenvalue weighted by Crippen LogP contribution is -2.56. The molecule has 7 heteroatoms. The zero-order valence-electron chi connectivity index (χ0n) is 14.8. The number of hydrogen-bond donors (Lipinski definition) is 2. The van der Waals surface area contributed by atoms with E-state index in [1.807, 2.05) is 18.2 Å². The molecule has 1 atom stereocenters. The second-order valence-corrected chi connectivity index (χ2v) is 6.28. The number of halogens is 1. The molecule has 1 unspecified atom stereocenters. The Kier molecular flexibility index (Phi) is 5.52. The van der Waals surface area contributed by atoms with Crippen molar-refractivity contribution in [3.8, 4) is 17.1 Å². The summed E-state index contributed by atoms with van der Waals surface area (Å²) in [6, 6.07) is 15.2. The summed E-state index contributed by atoms with van der Waals surface area (Å²) < 4.78 is 24.6. The first-order chi connectivity index (χ1) is 13.0. The second kappa shape index (κ2) is 8.01. The number of oxazole rings is 1. The van der Waals surface area contributed by atoms with Crippen LogP contribution in [-0.2, 0) is 11.3 Å². The summed E-state index contributed by atoms with van der Waals surface area (Å²) in [7, 11) is 0. The summed E-state index contributed by atoms with van der Waals surface area (Å²) in [6.45, 7) is 1.85. The smallest absolute Gasteiger partial charge is 0.240 e.